The summed E-state index contributed by atoms with van der Waals surface area (Å²) in [5.41, 5.74) is 0.00677. The Morgan fingerprint density at radius 3 is 2.12 bits per heavy atom. The molecule has 0 aliphatic carbocycles. The van der Waals surface area contributed by atoms with Gasteiger partial charge in [0, 0.05) is 25.3 Å². The molecule has 0 spiro atoms. The van der Waals surface area contributed by atoms with Crippen molar-refractivity contribution in [1.29, 1.82) is 0 Å². The van der Waals surface area contributed by atoms with Crippen LogP contribution in [0.5, 0.6) is 0 Å². The Labute approximate surface area is 207 Å². The highest BCUT2D eigenvalue weighted by Gasteiger charge is 2.53. The minimum absolute atomic E-state index is 0.0919. The number of ether oxygens (including phenoxy) is 1. The van der Waals surface area contributed by atoms with Crippen LogP contribution in [-0.2, 0) is 32.1 Å². The zero-order valence-corrected chi connectivity index (χ0v) is 24.7. The molecule has 1 fully saturated rings. The molecular weight excluding hydrogens is 449 g/mol. The molecule has 34 heavy (non-hydrogen) atoms. The molecule has 2 heterocycles. The molecule has 0 N–H and O–H groups in total. The number of hydrogen-bond acceptors (Lipinski definition) is 6. The second kappa shape index (κ2) is 9.60. The molecule has 1 aromatic heterocycles. The minimum Gasteiger partial charge on any atom is -0.444 e. The average molecular weight is 496 g/mol. The number of aryl methyl sites for hydroxylation is 1. The van der Waals surface area contributed by atoms with Crippen molar-refractivity contribution < 1.29 is 23.3 Å². The number of aromatic nitrogens is 2. The van der Waals surface area contributed by atoms with Crippen LogP contribution in [0.15, 0.2) is 6.20 Å². The summed E-state index contributed by atoms with van der Waals surface area (Å²) in [5.74, 6) is 0. The fourth-order valence-electron chi connectivity index (χ4n) is 3.21. The van der Waals surface area contributed by atoms with Crippen LogP contribution in [-0.4, -0.2) is 66.2 Å². The van der Waals surface area contributed by atoms with Crippen LogP contribution < -0.4 is 5.46 Å². The van der Waals surface area contributed by atoms with Crippen molar-refractivity contribution in [2.45, 2.75) is 111 Å². The van der Waals surface area contributed by atoms with Gasteiger partial charge in [0.15, 0.2) is 8.32 Å². The van der Waals surface area contributed by atoms with E-state index in [0.717, 1.165) is 11.2 Å². The van der Waals surface area contributed by atoms with Crippen molar-refractivity contribution in [2.75, 3.05) is 13.2 Å². The van der Waals surface area contributed by atoms with Crippen LogP contribution in [0.3, 0.4) is 0 Å². The van der Waals surface area contributed by atoms with Crippen LogP contribution in [0.4, 0.5) is 4.79 Å². The summed E-state index contributed by atoms with van der Waals surface area (Å²) in [6.45, 7) is 25.8. The lowest BCUT2D eigenvalue weighted by molar-refractivity contribution is 0.00578. The maximum Gasteiger partial charge on any atom is 0.498 e. The fraction of sp³-hybridized carbons (Fsp3) is 0.833. The van der Waals surface area contributed by atoms with E-state index >= 15 is 0 Å². The molecular formula is C24H46BN3O5Si. The molecule has 0 atom stereocenters. The Morgan fingerprint density at radius 1 is 1.12 bits per heavy atom. The lowest BCUT2D eigenvalue weighted by Crippen LogP contribution is -2.45. The highest BCUT2D eigenvalue weighted by Crippen LogP contribution is 2.37. The highest BCUT2D eigenvalue weighted by atomic mass is 28.4. The third-order valence-corrected chi connectivity index (χ3v) is 11.6. The van der Waals surface area contributed by atoms with Crippen LogP contribution in [0.1, 0.15) is 74.9 Å². The van der Waals surface area contributed by atoms with Crippen LogP contribution in [0.2, 0.25) is 18.1 Å². The second-order valence-corrected chi connectivity index (χ2v) is 17.6. The van der Waals surface area contributed by atoms with E-state index in [1.807, 2.05) is 61.7 Å². The number of rotatable bonds is 7. The van der Waals surface area contributed by atoms with Crippen LogP contribution >= 0.6 is 0 Å². The summed E-state index contributed by atoms with van der Waals surface area (Å²) in [6, 6.07) is 0. The summed E-state index contributed by atoms with van der Waals surface area (Å²) in [6.07, 6.45) is 1.51. The van der Waals surface area contributed by atoms with E-state index in [0.29, 0.717) is 13.2 Å². The van der Waals surface area contributed by atoms with Gasteiger partial charge in [0.05, 0.1) is 30.0 Å². The molecule has 0 saturated carbocycles. The standard InChI is InChI=1S/C24H46BN3O5Si/c1-21(2,3)31-20(29)28(14-15-30-34(12,13)22(4,5)6)17-19-18(16-27(11)26-19)25-32-23(7,8)24(9,10)33-25/h16H,14-15,17H2,1-13H3. The summed E-state index contributed by atoms with van der Waals surface area (Å²) >= 11 is 0. The molecule has 2 rings (SSSR count). The minimum atomic E-state index is -1.94. The van der Waals surface area contributed by atoms with E-state index in [1.54, 1.807) is 9.58 Å². The highest BCUT2D eigenvalue weighted by molar-refractivity contribution is 6.74. The zero-order valence-electron chi connectivity index (χ0n) is 23.7. The van der Waals surface area contributed by atoms with Crippen molar-refractivity contribution in [3.8, 4) is 0 Å². The van der Waals surface area contributed by atoms with E-state index in [1.165, 1.54) is 0 Å². The summed E-state index contributed by atoms with van der Waals surface area (Å²) in [5, 5.41) is 4.73. The van der Waals surface area contributed by atoms with Crippen LogP contribution in [0, 0.1) is 0 Å². The first-order valence-corrected chi connectivity index (χ1v) is 15.1. The topological polar surface area (TPSA) is 75.0 Å². The van der Waals surface area contributed by atoms with Gasteiger partial charge in [0.25, 0.3) is 0 Å². The van der Waals surface area contributed by atoms with Gasteiger partial charge in [0.1, 0.15) is 5.60 Å². The molecule has 0 aromatic carbocycles. The Hall–Kier alpha value is -1.36. The van der Waals surface area contributed by atoms with Crippen molar-refractivity contribution in [2.24, 2.45) is 7.05 Å². The molecule has 8 nitrogen and oxygen atoms in total. The van der Waals surface area contributed by atoms with Gasteiger partial charge in [-0.05, 0) is 66.6 Å². The molecule has 1 aliphatic rings. The number of hydrogen-bond donors (Lipinski definition) is 0. The van der Waals surface area contributed by atoms with Gasteiger partial charge in [0.2, 0.25) is 0 Å². The first-order chi connectivity index (χ1) is 15.2. The van der Waals surface area contributed by atoms with Gasteiger partial charge in [-0.3, -0.25) is 9.58 Å². The van der Waals surface area contributed by atoms with Crippen molar-refractivity contribution in [3.63, 3.8) is 0 Å². The van der Waals surface area contributed by atoms with Gasteiger partial charge in [-0.25, -0.2) is 4.79 Å². The molecule has 0 radical (unpaired) electrons. The molecule has 0 unspecified atom stereocenters. The zero-order chi connectivity index (χ0) is 26.3. The predicted octanol–water partition coefficient (Wildman–Crippen LogP) is 4.48. The lowest BCUT2D eigenvalue weighted by atomic mass is 9.79. The molecule has 194 valence electrons. The normalized spacial score (nSPS) is 18.3. The molecule has 1 amide bonds. The van der Waals surface area contributed by atoms with Gasteiger partial charge in [-0.2, -0.15) is 5.10 Å². The number of amides is 1. The molecule has 0 bridgehead atoms. The van der Waals surface area contributed by atoms with Gasteiger partial charge >= 0.3 is 13.2 Å². The largest absolute Gasteiger partial charge is 0.498 e. The Morgan fingerprint density at radius 2 is 1.65 bits per heavy atom. The lowest BCUT2D eigenvalue weighted by Gasteiger charge is -2.37. The van der Waals surface area contributed by atoms with E-state index in [4.69, 9.17) is 18.5 Å². The van der Waals surface area contributed by atoms with E-state index in [9.17, 15) is 4.79 Å². The number of nitrogens with zero attached hydrogens (tertiary/aromatic N) is 3. The monoisotopic (exact) mass is 495 g/mol. The SMILES string of the molecule is Cn1cc(B2OC(C)(C)C(C)(C)O2)c(CN(CCO[Si](C)(C)C(C)(C)C)C(=O)OC(C)(C)C)n1. The summed E-state index contributed by atoms with van der Waals surface area (Å²) < 4.78 is 26.3. The van der Waals surface area contributed by atoms with Gasteiger partial charge in [-0.15, -0.1) is 0 Å². The summed E-state index contributed by atoms with van der Waals surface area (Å²) in [7, 11) is -0.644. The predicted molar refractivity (Wildman–Crippen MR) is 139 cm³/mol. The molecule has 1 aliphatic heterocycles. The first-order valence-electron chi connectivity index (χ1n) is 12.2. The van der Waals surface area contributed by atoms with Crippen molar-refractivity contribution >= 4 is 27.0 Å². The molecule has 1 aromatic rings. The van der Waals surface area contributed by atoms with E-state index < -0.39 is 38.3 Å². The maximum absolute atomic E-state index is 13.1. The fourth-order valence-corrected chi connectivity index (χ4v) is 4.25. The first kappa shape index (κ1) is 28.9. The maximum atomic E-state index is 13.1. The van der Waals surface area contributed by atoms with E-state index in [2.05, 4.69) is 39.0 Å². The quantitative estimate of drug-likeness (QED) is 0.520. The third kappa shape index (κ3) is 6.86. The third-order valence-electron chi connectivity index (χ3n) is 7.07. The average Bonchev–Trinajstić information content (AvgIpc) is 3.07. The molecule has 1 saturated heterocycles. The smallest absolute Gasteiger partial charge is 0.444 e. The van der Waals surface area contributed by atoms with Crippen LogP contribution in [0.25, 0.3) is 0 Å². The number of carbonyl (C=O) groups excluding carboxylic acids is 1. The van der Waals surface area contributed by atoms with E-state index in [-0.39, 0.29) is 11.6 Å². The molecule has 10 heteroatoms. The van der Waals surface area contributed by atoms with Gasteiger partial charge in [-0.1, -0.05) is 20.8 Å². The number of carbonyl (C=O) groups is 1. The summed E-state index contributed by atoms with van der Waals surface area (Å²) in [4.78, 5) is 14.8. The van der Waals surface area contributed by atoms with Gasteiger partial charge < -0.3 is 18.5 Å². The Balaban J connectivity index is 2.26. The van der Waals surface area contributed by atoms with Crippen molar-refractivity contribution in [3.05, 3.63) is 11.9 Å². The second-order valence-electron chi connectivity index (χ2n) is 12.8. The van der Waals surface area contributed by atoms with Crippen molar-refractivity contribution in [1.82, 2.24) is 14.7 Å². The Kier molecular flexibility index (Phi) is 8.15. The Bertz CT molecular complexity index is 855.